The Balaban J connectivity index is 2.20. The third-order valence-corrected chi connectivity index (χ3v) is 3.59. The summed E-state index contributed by atoms with van der Waals surface area (Å²) >= 11 is 0. The number of pyridine rings is 1. The van der Waals surface area contributed by atoms with Crippen LogP contribution < -0.4 is 5.73 Å². The zero-order valence-corrected chi connectivity index (χ0v) is 9.85. The van der Waals surface area contributed by atoms with Gasteiger partial charge in [-0.15, -0.1) is 0 Å². The molecule has 0 bridgehead atoms. The summed E-state index contributed by atoms with van der Waals surface area (Å²) in [7, 11) is -1.30. The number of rotatable bonds is 3. The summed E-state index contributed by atoms with van der Waals surface area (Å²) in [4.78, 5) is 4.01. The molecule has 0 amide bonds. The number of phenolic OH excluding ortho intramolecular Hbond substituents is 1. The van der Waals surface area contributed by atoms with Crippen LogP contribution in [-0.4, -0.2) is 14.3 Å². The topological polar surface area (TPSA) is 76.2 Å². The van der Waals surface area contributed by atoms with Crippen molar-refractivity contribution in [3.8, 4) is 5.75 Å². The van der Waals surface area contributed by atoms with Gasteiger partial charge in [0.05, 0.1) is 22.2 Å². The molecule has 0 fully saturated rings. The van der Waals surface area contributed by atoms with Crippen molar-refractivity contribution < 1.29 is 9.32 Å². The number of anilines is 1. The summed E-state index contributed by atoms with van der Waals surface area (Å²) in [5.41, 5.74) is 6.91. The van der Waals surface area contributed by atoms with Crippen LogP contribution in [0.4, 0.5) is 5.69 Å². The van der Waals surface area contributed by atoms with Gasteiger partial charge in [-0.05, 0) is 29.8 Å². The Kier molecular flexibility index (Phi) is 3.39. The first-order valence-electron chi connectivity index (χ1n) is 5.03. The van der Waals surface area contributed by atoms with Gasteiger partial charge in [-0.3, -0.25) is 4.21 Å². The first-order valence-corrected chi connectivity index (χ1v) is 6.35. The van der Waals surface area contributed by atoms with Crippen LogP contribution in [0.5, 0.6) is 5.75 Å². The van der Waals surface area contributed by atoms with Crippen LogP contribution in [0.3, 0.4) is 0 Å². The molecule has 5 heteroatoms. The molecule has 2 rings (SSSR count). The molecular weight excluding hydrogens is 236 g/mol. The minimum atomic E-state index is -1.30. The van der Waals surface area contributed by atoms with Gasteiger partial charge in [0.1, 0.15) is 10.8 Å². The number of phenols is 1. The van der Waals surface area contributed by atoms with Crippen molar-refractivity contribution in [1.82, 2.24) is 4.98 Å². The zero-order valence-electron chi connectivity index (χ0n) is 9.04. The van der Waals surface area contributed by atoms with E-state index < -0.39 is 10.8 Å². The molecule has 0 saturated heterocycles. The number of nitrogens with two attached hydrogens (primary N) is 1. The van der Waals surface area contributed by atoms with Crippen LogP contribution in [0, 0.1) is 0 Å². The fourth-order valence-electron chi connectivity index (χ4n) is 1.46. The van der Waals surface area contributed by atoms with E-state index in [-0.39, 0.29) is 11.5 Å². The van der Waals surface area contributed by atoms with Crippen molar-refractivity contribution in [2.45, 2.75) is 10.8 Å². The van der Waals surface area contributed by atoms with Gasteiger partial charge in [0, 0.05) is 6.20 Å². The van der Waals surface area contributed by atoms with Gasteiger partial charge >= 0.3 is 0 Å². The average molecular weight is 248 g/mol. The molecule has 1 aromatic heterocycles. The number of benzene rings is 1. The molecule has 0 spiro atoms. The predicted octanol–water partition coefficient (Wildman–Crippen LogP) is 1.68. The fourth-order valence-corrected chi connectivity index (χ4v) is 2.59. The highest BCUT2D eigenvalue weighted by Crippen LogP contribution is 2.18. The molecule has 17 heavy (non-hydrogen) atoms. The van der Waals surface area contributed by atoms with E-state index in [1.54, 1.807) is 42.6 Å². The normalized spacial score (nSPS) is 12.2. The summed E-state index contributed by atoms with van der Waals surface area (Å²) in [6, 6.07) is 10.0. The van der Waals surface area contributed by atoms with Gasteiger partial charge in [-0.25, -0.2) is 4.98 Å². The second-order valence-corrected chi connectivity index (χ2v) is 4.92. The van der Waals surface area contributed by atoms with E-state index in [0.29, 0.717) is 10.7 Å². The van der Waals surface area contributed by atoms with Crippen molar-refractivity contribution in [3.05, 3.63) is 48.2 Å². The molecule has 3 N–H and O–H groups in total. The van der Waals surface area contributed by atoms with Gasteiger partial charge in [0.2, 0.25) is 0 Å². The predicted molar refractivity (Wildman–Crippen MR) is 66.9 cm³/mol. The molecule has 1 atom stereocenters. The number of hydrogen-bond donors (Lipinski definition) is 2. The molecule has 0 radical (unpaired) electrons. The molecule has 1 aromatic carbocycles. The Bertz CT molecular complexity index is 558. The molecular formula is C12H12N2O2S. The summed E-state index contributed by atoms with van der Waals surface area (Å²) < 4.78 is 12.0. The van der Waals surface area contributed by atoms with Crippen LogP contribution in [0.25, 0.3) is 0 Å². The molecule has 88 valence electrons. The molecule has 1 unspecified atom stereocenters. The Hall–Kier alpha value is -1.88. The molecule has 0 aliphatic heterocycles. The van der Waals surface area contributed by atoms with Crippen LogP contribution in [0.1, 0.15) is 5.56 Å². The monoisotopic (exact) mass is 248 g/mol. The van der Waals surface area contributed by atoms with Crippen LogP contribution in [-0.2, 0) is 16.6 Å². The number of aromatic hydroxyl groups is 1. The Morgan fingerprint density at radius 1 is 1.29 bits per heavy atom. The van der Waals surface area contributed by atoms with E-state index in [1.807, 2.05) is 0 Å². The maximum Gasteiger partial charge on any atom is 0.150 e. The summed E-state index contributed by atoms with van der Waals surface area (Å²) in [5, 5.41) is 9.70. The third-order valence-electron chi connectivity index (χ3n) is 2.22. The fraction of sp³-hybridized carbons (Fsp3) is 0.0833. The number of nitrogens with zero attached hydrogens (tertiary/aromatic N) is 1. The number of nitrogen functional groups attached to an aromatic ring is 1. The standard InChI is InChI=1S/C12H12N2O2S/c13-11-5-2-6-14-12(11)17(16)8-9-3-1-4-10(15)7-9/h1-7,15H,8,13H2. The van der Waals surface area contributed by atoms with Crippen molar-refractivity contribution in [3.63, 3.8) is 0 Å². The minimum Gasteiger partial charge on any atom is -0.508 e. The van der Waals surface area contributed by atoms with E-state index in [9.17, 15) is 9.32 Å². The lowest BCUT2D eigenvalue weighted by atomic mass is 10.2. The largest absolute Gasteiger partial charge is 0.508 e. The van der Waals surface area contributed by atoms with Crippen LogP contribution in [0.2, 0.25) is 0 Å². The van der Waals surface area contributed by atoms with Crippen molar-refractivity contribution in [1.29, 1.82) is 0 Å². The molecule has 0 aliphatic carbocycles. The summed E-state index contributed by atoms with van der Waals surface area (Å²) in [6.45, 7) is 0. The maximum atomic E-state index is 12.0. The van der Waals surface area contributed by atoms with Crippen molar-refractivity contribution >= 4 is 16.5 Å². The lowest BCUT2D eigenvalue weighted by Gasteiger charge is -2.04. The quantitative estimate of drug-likeness (QED) is 0.866. The van der Waals surface area contributed by atoms with Gasteiger partial charge in [0.25, 0.3) is 0 Å². The first kappa shape index (κ1) is 11.6. The van der Waals surface area contributed by atoms with Crippen molar-refractivity contribution in [2.75, 3.05) is 5.73 Å². The number of hydrogen-bond acceptors (Lipinski definition) is 4. The van der Waals surface area contributed by atoms with E-state index in [1.165, 1.54) is 0 Å². The second-order valence-electron chi connectivity index (χ2n) is 3.56. The van der Waals surface area contributed by atoms with Gasteiger partial charge < -0.3 is 10.8 Å². The highest BCUT2D eigenvalue weighted by molar-refractivity contribution is 7.84. The summed E-state index contributed by atoms with van der Waals surface area (Å²) in [5.74, 6) is 0.448. The molecule has 0 saturated carbocycles. The Labute approximate surface area is 102 Å². The molecule has 4 nitrogen and oxygen atoms in total. The average Bonchev–Trinajstić information content (AvgIpc) is 2.29. The molecule has 1 heterocycles. The molecule has 0 aliphatic rings. The van der Waals surface area contributed by atoms with Gasteiger partial charge in [-0.2, -0.15) is 0 Å². The SMILES string of the molecule is Nc1cccnc1S(=O)Cc1cccc(O)c1. The zero-order chi connectivity index (χ0) is 12.3. The van der Waals surface area contributed by atoms with E-state index >= 15 is 0 Å². The number of aromatic nitrogens is 1. The third kappa shape index (κ3) is 2.82. The van der Waals surface area contributed by atoms with Gasteiger partial charge in [0.15, 0.2) is 0 Å². The second kappa shape index (κ2) is 4.97. The van der Waals surface area contributed by atoms with Crippen LogP contribution >= 0.6 is 0 Å². The first-order chi connectivity index (χ1) is 8.16. The highest BCUT2D eigenvalue weighted by Gasteiger charge is 2.10. The maximum absolute atomic E-state index is 12.0. The Morgan fingerprint density at radius 3 is 2.82 bits per heavy atom. The Morgan fingerprint density at radius 2 is 2.12 bits per heavy atom. The van der Waals surface area contributed by atoms with Gasteiger partial charge in [-0.1, -0.05) is 12.1 Å². The van der Waals surface area contributed by atoms with E-state index in [0.717, 1.165) is 5.56 Å². The lowest BCUT2D eigenvalue weighted by molar-refractivity contribution is 0.475. The van der Waals surface area contributed by atoms with Crippen molar-refractivity contribution in [2.24, 2.45) is 0 Å². The summed E-state index contributed by atoms with van der Waals surface area (Å²) in [6.07, 6.45) is 1.56. The van der Waals surface area contributed by atoms with Crippen LogP contribution in [0.15, 0.2) is 47.6 Å². The van der Waals surface area contributed by atoms with E-state index in [4.69, 9.17) is 5.73 Å². The lowest BCUT2D eigenvalue weighted by Crippen LogP contribution is -2.03. The van der Waals surface area contributed by atoms with E-state index in [2.05, 4.69) is 4.98 Å². The molecule has 2 aromatic rings. The highest BCUT2D eigenvalue weighted by atomic mass is 32.2. The smallest absolute Gasteiger partial charge is 0.150 e. The minimum absolute atomic E-state index is 0.161.